The van der Waals surface area contributed by atoms with Crippen LogP contribution in [0.1, 0.15) is 11.4 Å². The van der Waals surface area contributed by atoms with Gasteiger partial charge in [-0.25, -0.2) is 4.39 Å². The van der Waals surface area contributed by atoms with Crippen LogP contribution in [0.5, 0.6) is 0 Å². The van der Waals surface area contributed by atoms with E-state index >= 15 is 0 Å². The molecule has 0 amide bonds. The molecule has 0 saturated heterocycles. The van der Waals surface area contributed by atoms with Gasteiger partial charge < -0.3 is 20.6 Å². The molecule has 0 atom stereocenters. The summed E-state index contributed by atoms with van der Waals surface area (Å²) >= 11 is 0. The molecule has 2 aromatic heterocycles. The Hall–Kier alpha value is -2.34. The molecule has 0 aliphatic carbocycles. The molecule has 0 aliphatic rings. The number of nitrogens with two attached hydrogens (primary N) is 1. The van der Waals surface area contributed by atoms with Gasteiger partial charge >= 0.3 is 0 Å². The van der Waals surface area contributed by atoms with Crippen LogP contribution in [-0.4, -0.2) is 10.1 Å². The van der Waals surface area contributed by atoms with Crippen LogP contribution in [0.2, 0.25) is 0 Å². The molecule has 0 aliphatic heterocycles. The van der Waals surface area contributed by atoms with Crippen molar-refractivity contribution in [2.24, 2.45) is 5.73 Å². The van der Waals surface area contributed by atoms with Crippen LogP contribution in [0.4, 0.5) is 10.1 Å². The number of aromatic amines is 1. The summed E-state index contributed by atoms with van der Waals surface area (Å²) in [4.78, 5) is 3.14. The van der Waals surface area contributed by atoms with Crippen LogP contribution in [0.15, 0.2) is 35.1 Å². The second kappa shape index (κ2) is 4.74. The molecule has 0 radical (unpaired) electrons. The van der Waals surface area contributed by atoms with Gasteiger partial charge in [0.25, 0.3) is 0 Å². The van der Waals surface area contributed by atoms with Gasteiger partial charge in [-0.2, -0.15) is 0 Å². The predicted octanol–water partition coefficient (Wildman–Crippen LogP) is 2.37. The number of H-pyrrole nitrogens is 1. The van der Waals surface area contributed by atoms with Gasteiger partial charge in [-0.1, -0.05) is 5.16 Å². The highest BCUT2D eigenvalue weighted by Crippen LogP contribution is 2.23. The zero-order chi connectivity index (χ0) is 13.2. The number of nitrogens with one attached hydrogen (secondary N) is 2. The molecule has 0 unspecified atom stereocenters. The molecule has 3 rings (SSSR count). The number of anilines is 1. The van der Waals surface area contributed by atoms with E-state index in [4.69, 9.17) is 10.3 Å². The number of benzene rings is 1. The lowest BCUT2D eigenvalue weighted by atomic mass is 10.2. The van der Waals surface area contributed by atoms with Gasteiger partial charge in [-0.15, -0.1) is 0 Å². The van der Waals surface area contributed by atoms with Crippen molar-refractivity contribution in [2.75, 3.05) is 5.32 Å². The van der Waals surface area contributed by atoms with E-state index in [-0.39, 0.29) is 5.82 Å². The maximum atomic E-state index is 13.9. The number of halogens is 1. The largest absolute Gasteiger partial charge is 0.377 e. The molecule has 0 spiro atoms. The van der Waals surface area contributed by atoms with E-state index in [1.807, 2.05) is 6.07 Å². The van der Waals surface area contributed by atoms with Crippen LogP contribution >= 0.6 is 0 Å². The Balaban J connectivity index is 1.88. The van der Waals surface area contributed by atoms with Crippen molar-refractivity contribution in [3.8, 4) is 0 Å². The van der Waals surface area contributed by atoms with Gasteiger partial charge in [0, 0.05) is 29.2 Å². The van der Waals surface area contributed by atoms with E-state index in [0.29, 0.717) is 24.5 Å². The fourth-order valence-electron chi connectivity index (χ4n) is 1.97. The van der Waals surface area contributed by atoms with Crippen molar-refractivity contribution in [2.45, 2.75) is 13.1 Å². The number of hydrogen-bond acceptors (Lipinski definition) is 4. The maximum Gasteiger partial charge on any atom is 0.147 e. The number of aromatic nitrogens is 2. The first kappa shape index (κ1) is 11.7. The predicted molar refractivity (Wildman–Crippen MR) is 70.0 cm³/mol. The summed E-state index contributed by atoms with van der Waals surface area (Å²) < 4.78 is 18.6. The lowest BCUT2D eigenvalue weighted by Gasteiger charge is -2.05. The summed E-state index contributed by atoms with van der Waals surface area (Å²) in [6.07, 6.45) is 1.48. The molecule has 98 valence electrons. The van der Waals surface area contributed by atoms with Crippen LogP contribution in [0, 0.1) is 5.82 Å². The van der Waals surface area contributed by atoms with E-state index in [9.17, 15) is 4.39 Å². The molecule has 0 fully saturated rings. The molecule has 4 N–H and O–H groups in total. The number of nitrogens with zero attached hydrogens (tertiary/aromatic N) is 1. The Kier molecular flexibility index (Phi) is 2.92. The van der Waals surface area contributed by atoms with Gasteiger partial charge in [0.15, 0.2) is 0 Å². The minimum atomic E-state index is -0.307. The van der Waals surface area contributed by atoms with Gasteiger partial charge in [-0.3, -0.25) is 0 Å². The summed E-state index contributed by atoms with van der Waals surface area (Å²) in [5.41, 5.74) is 8.42. The first-order valence-corrected chi connectivity index (χ1v) is 5.90. The van der Waals surface area contributed by atoms with Crippen molar-refractivity contribution >= 4 is 16.6 Å². The summed E-state index contributed by atoms with van der Waals surface area (Å²) in [6.45, 7) is 0.807. The number of fused-ring (bicyclic) bond motifs is 1. The molecule has 0 saturated carbocycles. The fourth-order valence-corrected chi connectivity index (χ4v) is 1.97. The average Bonchev–Trinajstić information content (AvgIpc) is 3.04. The van der Waals surface area contributed by atoms with E-state index in [1.165, 1.54) is 12.3 Å². The summed E-state index contributed by atoms with van der Waals surface area (Å²) in [5.74, 6) is -0.307. The minimum Gasteiger partial charge on any atom is -0.377 e. The lowest BCUT2D eigenvalue weighted by molar-refractivity contribution is 0.412. The van der Waals surface area contributed by atoms with Crippen LogP contribution in [0.3, 0.4) is 0 Å². The molecule has 6 heteroatoms. The van der Waals surface area contributed by atoms with Gasteiger partial charge in [0.1, 0.15) is 17.8 Å². The van der Waals surface area contributed by atoms with Crippen LogP contribution in [-0.2, 0) is 13.1 Å². The zero-order valence-electron chi connectivity index (χ0n) is 10.1. The Morgan fingerprint density at radius 1 is 1.37 bits per heavy atom. The highest BCUT2D eigenvalue weighted by molar-refractivity contribution is 5.84. The monoisotopic (exact) mass is 260 g/mol. The highest BCUT2D eigenvalue weighted by atomic mass is 19.1. The Morgan fingerprint density at radius 2 is 2.26 bits per heavy atom. The summed E-state index contributed by atoms with van der Waals surface area (Å²) in [5, 5.41) is 7.55. The first-order chi connectivity index (χ1) is 9.26. The smallest absolute Gasteiger partial charge is 0.147 e. The van der Waals surface area contributed by atoms with Crippen LogP contribution < -0.4 is 11.1 Å². The second-order valence-electron chi connectivity index (χ2n) is 4.26. The van der Waals surface area contributed by atoms with Gasteiger partial charge in [0.2, 0.25) is 0 Å². The van der Waals surface area contributed by atoms with E-state index in [0.717, 1.165) is 16.6 Å². The number of rotatable bonds is 4. The lowest BCUT2D eigenvalue weighted by Crippen LogP contribution is -2.01. The molecule has 0 bridgehead atoms. The first-order valence-electron chi connectivity index (χ1n) is 5.90. The molecule has 5 nitrogen and oxygen atoms in total. The normalized spacial score (nSPS) is 11.1. The highest BCUT2D eigenvalue weighted by Gasteiger charge is 2.07. The quantitative estimate of drug-likeness (QED) is 0.672. The Morgan fingerprint density at radius 3 is 3.00 bits per heavy atom. The maximum absolute atomic E-state index is 13.9. The van der Waals surface area contributed by atoms with Crippen molar-refractivity contribution in [3.05, 3.63) is 47.7 Å². The number of hydrogen-bond donors (Lipinski definition) is 3. The molecular weight excluding hydrogens is 247 g/mol. The summed E-state index contributed by atoms with van der Waals surface area (Å²) in [6, 6.07) is 6.78. The van der Waals surface area contributed by atoms with Crippen molar-refractivity contribution in [1.82, 2.24) is 10.1 Å². The third-order valence-electron chi connectivity index (χ3n) is 2.94. The van der Waals surface area contributed by atoms with E-state index in [2.05, 4.69) is 15.5 Å². The Labute approximate surface area is 108 Å². The van der Waals surface area contributed by atoms with Crippen molar-refractivity contribution in [1.29, 1.82) is 0 Å². The van der Waals surface area contributed by atoms with Crippen LogP contribution in [0.25, 0.3) is 10.9 Å². The topological polar surface area (TPSA) is 79.9 Å². The van der Waals surface area contributed by atoms with Gasteiger partial charge in [-0.05, 0) is 18.2 Å². The third-order valence-corrected chi connectivity index (χ3v) is 2.94. The van der Waals surface area contributed by atoms with Crippen molar-refractivity contribution in [3.63, 3.8) is 0 Å². The molecule has 19 heavy (non-hydrogen) atoms. The van der Waals surface area contributed by atoms with E-state index < -0.39 is 0 Å². The SMILES string of the molecule is NCc1cc2cc(F)c(NCc3ccon3)cc2[nH]1. The molecular formula is C13H13FN4O. The average molecular weight is 260 g/mol. The molecule has 2 heterocycles. The zero-order valence-corrected chi connectivity index (χ0v) is 10.1. The standard InChI is InChI=1S/C13H13FN4O/c14-11-4-8-3-10(6-15)17-12(8)5-13(11)16-7-9-1-2-19-18-9/h1-5,16-17H,6-7,15H2. The summed E-state index contributed by atoms with van der Waals surface area (Å²) in [7, 11) is 0. The molecule has 1 aromatic carbocycles. The third kappa shape index (κ3) is 2.30. The Bertz CT molecular complexity index is 690. The minimum absolute atomic E-state index is 0.307. The fraction of sp³-hybridized carbons (Fsp3) is 0.154. The van der Waals surface area contributed by atoms with Gasteiger partial charge in [0.05, 0.1) is 12.2 Å². The van der Waals surface area contributed by atoms with Crippen molar-refractivity contribution < 1.29 is 8.91 Å². The van der Waals surface area contributed by atoms with E-state index in [1.54, 1.807) is 12.1 Å². The second-order valence-corrected chi connectivity index (χ2v) is 4.26. The molecule has 3 aromatic rings.